The summed E-state index contributed by atoms with van der Waals surface area (Å²) in [6.07, 6.45) is 0. The summed E-state index contributed by atoms with van der Waals surface area (Å²) >= 11 is 0. The first-order chi connectivity index (χ1) is 14.7. The number of anilines is 2. The van der Waals surface area contributed by atoms with Crippen molar-refractivity contribution in [2.75, 3.05) is 43.4 Å². The van der Waals surface area contributed by atoms with Gasteiger partial charge in [0.15, 0.2) is 5.82 Å². The van der Waals surface area contributed by atoms with Crippen molar-refractivity contribution >= 4 is 17.2 Å². The number of nitrogens with two attached hydrogens (primary N) is 1. The average molecular weight is 400 g/mol. The standard InChI is InChI=1S/C23H24N6O/c24-23-21(13-19(26-27-23)18-7-3-4-8-22(18)30)29-11-9-28(10-12-29)15-20-17-6-2-1-5-16(17)14-25-20/h1-8,13,30H,9-12,14-15H2,(H2,24,27). The van der Waals surface area contributed by atoms with Crippen LogP contribution in [-0.4, -0.2) is 58.6 Å². The molecule has 0 spiro atoms. The minimum atomic E-state index is 0.185. The largest absolute Gasteiger partial charge is 0.507 e. The third-order valence-corrected chi connectivity index (χ3v) is 5.84. The van der Waals surface area contributed by atoms with Crippen molar-refractivity contribution in [3.8, 4) is 17.0 Å². The van der Waals surface area contributed by atoms with Crippen LogP contribution in [0.1, 0.15) is 11.1 Å². The van der Waals surface area contributed by atoms with Gasteiger partial charge in [-0.25, -0.2) is 0 Å². The van der Waals surface area contributed by atoms with Crippen LogP contribution in [0.3, 0.4) is 0 Å². The summed E-state index contributed by atoms with van der Waals surface area (Å²) in [4.78, 5) is 9.42. The smallest absolute Gasteiger partial charge is 0.169 e. The van der Waals surface area contributed by atoms with Crippen LogP contribution >= 0.6 is 0 Å². The lowest BCUT2D eigenvalue weighted by atomic mass is 10.1. The van der Waals surface area contributed by atoms with Gasteiger partial charge in [-0.05, 0) is 23.8 Å². The van der Waals surface area contributed by atoms with Crippen LogP contribution in [0.15, 0.2) is 59.6 Å². The van der Waals surface area contributed by atoms with Gasteiger partial charge in [0.25, 0.3) is 0 Å². The predicted molar refractivity (Wildman–Crippen MR) is 119 cm³/mol. The number of benzene rings is 2. The molecule has 0 unspecified atom stereocenters. The normalized spacial score (nSPS) is 16.4. The zero-order valence-corrected chi connectivity index (χ0v) is 16.7. The maximum atomic E-state index is 10.1. The lowest BCUT2D eigenvalue weighted by Crippen LogP contribution is -2.48. The van der Waals surface area contributed by atoms with Gasteiger partial charge in [0, 0.05) is 43.9 Å². The first-order valence-corrected chi connectivity index (χ1v) is 10.2. The zero-order chi connectivity index (χ0) is 20.5. The highest BCUT2D eigenvalue weighted by atomic mass is 16.3. The minimum absolute atomic E-state index is 0.185. The molecule has 2 aliphatic heterocycles. The molecule has 1 fully saturated rings. The van der Waals surface area contributed by atoms with E-state index >= 15 is 0 Å². The third kappa shape index (κ3) is 3.48. The van der Waals surface area contributed by atoms with Gasteiger partial charge >= 0.3 is 0 Å². The Balaban J connectivity index is 1.28. The maximum Gasteiger partial charge on any atom is 0.169 e. The lowest BCUT2D eigenvalue weighted by Gasteiger charge is -2.36. The monoisotopic (exact) mass is 400 g/mol. The molecule has 0 bridgehead atoms. The Labute approximate surface area is 175 Å². The molecule has 0 amide bonds. The van der Waals surface area contributed by atoms with Gasteiger partial charge in [-0.3, -0.25) is 9.89 Å². The third-order valence-electron chi connectivity index (χ3n) is 5.84. The van der Waals surface area contributed by atoms with Crippen molar-refractivity contribution in [3.63, 3.8) is 0 Å². The Morgan fingerprint density at radius 2 is 1.63 bits per heavy atom. The van der Waals surface area contributed by atoms with Gasteiger partial charge in [-0.2, -0.15) is 0 Å². The topological polar surface area (TPSA) is 90.9 Å². The molecule has 0 atom stereocenters. The summed E-state index contributed by atoms with van der Waals surface area (Å²) in [5.41, 5.74) is 12.1. The second kappa shape index (κ2) is 7.76. The molecule has 1 saturated heterocycles. The van der Waals surface area contributed by atoms with E-state index in [2.05, 4.69) is 44.3 Å². The Morgan fingerprint density at radius 1 is 0.900 bits per heavy atom. The maximum absolute atomic E-state index is 10.1. The van der Waals surface area contributed by atoms with Crippen LogP contribution in [0.25, 0.3) is 11.3 Å². The van der Waals surface area contributed by atoms with E-state index in [0.717, 1.165) is 45.0 Å². The SMILES string of the molecule is Nc1nnc(-c2ccccc2O)cc1N1CCN(CC2=NCc3ccccc32)CC1. The number of aliphatic imine (C=N–C) groups is 1. The van der Waals surface area contributed by atoms with Gasteiger partial charge < -0.3 is 15.7 Å². The van der Waals surface area contributed by atoms with Crippen molar-refractivity contribution in [1.82, 2.24) is 15.1 Å². The number of phenols is 1. The molecule has 5 rings (SSSR count). The summed E-state index contributed by atoms with van der Waals surface area (Å²) in [5, 5.41) is 18.5. The van der Waals surface area contributed by atoms with Crippen LogP contribution in [0.4, 0.5) is 11.5 Å². The molecule has 2 aromatic carbocycles. The molecular formula is C23H24N6O. The Hall–Kier alpha value is -3.45. The van der Waals surface area contributed by atoms with E-state index in [1.165, 1.54) is 16.8 Å². The highest BCUT2D eigenvalue weighted by Gasteiger charge is 2.23. The van der Waals surface area contributed by atoms with E-state index in [1.807, 2.05) is 18.2 Å². The van der Waals surface area contributed by atoms with Crippen molar-refractivity contribution < 1.29 is 5.11 Å². The Kier molecular flexibility index (Phi) is 4.80. The Morgan fingerprint density at radius 3 is 2.43 bits per heavy atom. The summed E-state index contributed by atoms with van der Waals surface area (Å²) in [6, 6.07) is 17.5. The molecule has 3 heterocycles. The molecule has 30 heavy (non-hydrogen) atoms. The molecule has 2 aliphatic rings. The van der Waals surface area contributed by atoms with Crippen molar-refractivity contribution in [2.45, 2.75) is 6.54 Å². The fourth-order valence-electron chi connectivity index (χ4n) is 4.17. The van der Waals surface area contributed by atoms with Crippen LogP contribution in [0, 0.1) is 0 Å². The Bertz CT molecular complexity index is 1100. The zero-order valence-electron chi connectivity index (χ0n) is 16.7. The fraction of sp³-hybridized carbons (Fsp3) is 0.261. The van der Waals surface area contributed by atoms with Gasteiger partial charge in [0.05, 0.1) is 23.6 Å². The van der Waals surface area contributed by atoms with Crippen LogP contribution in [0.2, 0.25) is 0 Å². The number of hydrogen-bond acceptors (Lipinski definition) is 7. The number of nitrogens with zero attached hydrogens (tertiary/aromatic N) is 5. The summed E-state index contributed by atoms with van der Waals surface area (Å²) < 4.78 is 0. The number of hydrogen-bond donors (Lipinski definition) is 2. The summed E-state index contributed by atoms with van der Waals surface area (Å²) in [5.74, 6) is 0.599. The summed E-state index contributed by atoms with van der Waals surface area (Å²) in [6.45, 7) is 5.22. The van der Waals surface area contributed by atoms with Crippen LogP contribution in [-0.2, 0) is 6.54 Å². The molecule has 152 valence electrons. The van der Waals surface area contributed by atoms with Gasteiger partial charge in [-0.1, -0.05) is 36.4 Å². The highest BCUT2D eigenvalue weighted by molar-refractivity contribution is 6.05. The minimum Gasteiger partial charge on any atom is -0.507 e. The van der Waals surface area contributed by atoms with Gasteiger partial charge in [0.1, 0.15) is 5.75 Å². The average Bonchev–Trinajstić information content (AvgIpc) is 3.18. The van der Waals surface area contributed by atoms with Gasteiger partial charge in [0.2, 0.25) is 0 Å². The number of para-hydroxylation sites is 1. The second-order valence-corrected chi connectivity index (χ2v) is 7.70. The van der Waals surface area contributed by atoms with E-state index in [-0.39, 0.29) is 5.75 Å². The van der Waals surface area contributed by atoms with Crippen LogP contribution in [0.5, 0.6) is 5.75 Å². The quantitative estimate of drug-likeness (QED) is 0.699. The molecular weight excluding hydrogens is 376 g/mol. The van der Waals surface area contributed by atoms with E-state index in [0.29, 0.717) is 17.1 Å². The molecule has 0 aliphatic carbocycles. The second-order valence-electron chi connectivity index (χ2n) is 7.70. The number of phenolic OH excluding ortho intramolecular Hbond substituents is 1. The summed E-state index contributed by atoms with van der Waals surface area (Å²) in [7, 11) is 0. The molecule has 3 N–H and O–H groups in total. The number of aromatic hydroxyl groups is 1. The number of piperazine rings is 1. The lowest BCUT2D eigenvalue weighted by molar-refractivity contribution is 0.292. The van der Waals surface area contributed by atoms with E-state index in [9.17, 15) is 5.11 Å². The molecule has 0 saturated carbocycles. The molecule has 7 nitrogen and oxygen atoms in total. The number of nitrogen functional groups attached to an aromatic ring is 1. The molecule has 0 radical (unpaired) electrons. The molecule has 3 aromatic rings. The van der Waals surface area contributed by atoms with Crippen molar-refractivity contribution in [3.05, 3.63) is 65.7 Å². The predicted octanol–water partition coefficient (Wildman–Crippen LogP) is 2.56. The molecule has 1 aromatic heterocycles. The van der Waals surface area contributed by atoms with Crippen molar-refractivity contribution in [2.24, 2.45) is 4.99 Å². The first-order valence-electron chi connectivity index (χ1n) is 10.2. The van der Waals surface area contributed by atoms with Crippen molar-refractivity contribution in [1.29, 1.82) is 0 Å². The van der Waals surface area contributed by atoms with E-state index in [1.54, 1.807) is 12.1 Å². The van der Waals surface area contributed by atoms with Gasteiger partial charge in [-0.15, -0.1) is 10.2 Å². The van der Waals surface area contributed by atoms with E-state index < -0.39 is 0 Å². The molecule has 7 heteroatoms. The van der Waals surface area contributed by atoms with Crippen LogP contribution < -0.4 is 10.6 Å². The number of aromatic nitrogens is 2. The number of rotatable bonds is 4. The fourth-order valence-corrected chi connectivity index (χ4v) is 4.17. The highest BCUT2D eigenvalue weighted by Crippen LogP contribution is 2.31. The van der Waals surface area contributed by atoms with E-state index in [4.69, 9.17) is 10.7 Å². The number of fused-ring (bicyclic) bond motifs is 1. The first kappa shape index (κ1) is 18.6.